The molecule has 0 unspecified atom stereocenters. The number of hydrogen-bond donors (Lipinski definition) is 0. The molecule has 0 fully saturated rings. The molecule has 0 radical (unpaired) electrons. The van der Waals surface area contributed by atoms with Gasteiger partial charge in [-0.05, 0) is 10.4 Å². The van der Waals surface area contributed by atoms with E-state index in [0.717, 1.165) is 20.7 Å². The summed E-state index contributed by atoms with van der Waals surface area (Å²) in [5, 5.41) is 3.42. The molecule has 0 aliphatic rings. The Kier molecular flexibility index (Phi) is 9.03. The van der Waals surface area contributed by atoms with Gasteiger partial charge in [0.05, 0.1) is 0 Å². The van der Waals surface area contributed by atoms with Crippen LogP contribution in [0, 0.1) is 0 Å². The number of benzene rings is 4. The van der Waals surface area contributed by atoms with Crippen molar-refractivity contribution in [3.63, 3.8) is 0 Å². The van der Waals surface area contributed by atoms with Crippen LogP contribution in [0.5, 0.6) is 0 Å². The lowest BCUT2D eigenvalue weighted by Crippen LogP contribution is -2.77. The van der Waals surface area contributed by atoms with Crippen molar-refractivity contribution in [3.8, 4) is 0 Å². The summed E-state index contributed by atoms with van der Waals surface area (Å²) in [6, 6.07) is 39.4. The zero-order valence-corrected chi connectivity index (χ0v) is 24.5. The van der Waals surface area contributed by atoms with Gasteiger partial charge in [0.1, 0.15) is 0 Å². The third-order valence-electron chi connectivity index (χ3n) is 6.19. The van der Waals surface area contributed by atoms with Crippen LogP contribution in [0.1, 0.15) is 0 Å². The van der Waals surface area contributed by atoms with Gasteiger partial charge in [-0.3, -0.25) is 0 Å². The summed E-state index contributed by atoms with van der Waals surface area (Å²) in [7, 11) is -4.17. The maximum Gasteiger partial charge on any atom is 0.528 e. The van der Waals surface area contributed by atoms with Crippen molar-refractivity contribution < 1.29 is 25.9 Å². The molecule has 192 valence electrons. The first-order chi connectivity index (χ1) is 18.1. The summed E-state index contributed by atoms with van der Waals surface area (Å²) < 4.78 is 39.1. The van der Waals surface area contributed by atoms with Gasteiger partial charge in [0.25, 0.3) is 0 Å². The Balaban J connectivity index is 2.01. The molecule has 4 aromatic carbocycles. The fraction of sp³-hybridized carbons (Fsp3) is 0.143. The quantitative estimate of drug-likeness (QED) is 0.254. The Morgan fingerprint density at radius 1 is 0.351 bits per heavy atom. The highest BCUT2D eigenvalue weighted by Crippen LogP contribution is 2.24. The third kappa shape index (κ3) is 5.46. The number of rotatable bonds is 12. The summed E-state index contributed by atoms with van der Waals surface area (Å²) in [6.07, 6.45) is 0. The van der Waals surface area contributed by atoms with E-state index in [-0.39, 0.29) is 0 Å². The smallest absolute Gasteiger partial charge is 0.383 e. The lowest BCUT2D eigenvalue weighted by molar-refractivity contribution is 0.137. The highest BCUT2D eigenvalue weighted by Gasteiger charge is 2.60. The first-order valence-electron chi connectivity index (χ1n) is 11.9. The molecule has 37 heavy (non-hydrogen) atoms. The molecule has 0 N–H and O–H groups in total. The Bertz CT molecular complexity index is 1120. The van der Waals surface area contributed by atoms with Gasteiger partial charge in [0.15, 0.2) is 0 Å². The van der Waals surface area contributed by atoms with Gasteiger partial charge in [0, 0.05) is 38.8 Å². The molecular weight excluding hydrogens is 517 g/mol. The van der Waals surface area contributed by atoms with Crippen molar-refractivity contribution in [2.45, 2.75) is 0 Å². The van der Waals surface area contributed by atoms with E-state index in [1.165, 1.54) is 0 Å². The van der Waals surface area contributed by atoms with E-state index < -0.39 is 26.2 Å². The molecule has 9 heteroatoms. The summed E-state index contributed by atoms with van der Waals surface area (Å²) in [4.78, 5) is 0. The molecule has 0 aliphatic carbocycles. The zero-order valence-electron chi connectivity index (χ0n) is 21.5. The van der Waals surface area contributed by atoms with Crippen molar-refractivity contribution >= 4 is 46.9 Å². The van der Waals surface area contributed by atoms with Crippen LogP contribution in [0.25, 0.3) is 0 Å². The summed E-state index contributed by atoms with van der Waals surface area (Å²) >= 11 is 0. The van der Waals surface area contributed by atoms with Crippen molar-refractivity contribution in [2.24, 2.45) is 0 Å². The Labute approximate surface area is 222 Å². The lowest BCUT2D eigenvalue weighted by atomic mass is 10.4. The van der Waals surface area contributed by atoms with Gasteiger partial charge in [-0.25, -0.2) is 0 Å². The van der Waals surface area contributed by atoms with Crippen LogP contribution in [0.4, 0.5) is 0 Å². The van der Waals surface area contributed by atoms with Crippen molar-refractivity contribution in [1.29, 1.82) is 0 Å². The van der Waals surface area contributed by atoms with Crippen LogP contribution < -0.4 is 20.7 Å². The molecule has 0 spiro atoms. The molecule has 0 amide bonds. The highest BCUT2D eigenvalue weighted by atomic mass is 28.5. The first kappa shape index (κ1) is 27.3. The monoisotopic (exact) mass is 548 g/mol. The van der Waals surface area contributed by atoms with Crippen molar-refractivity contribution in [2.75, 3.05) is 28.4 Å². The molecule has 0 atom stereocenters. The van der Waals surface area contributed by atoms with Crippen molar-refractivity contribution in [3.05, 3.63) is 121 Å². The second-order valence-corrected chi connectivity index (χ2v) is 17.2. The van der Waals surface area contributed by atoms with Gasteiger partial charge in [0.2, 0.25) is 0 Å². The fourth-order valence-corrected chi connectivity index (χ4v) is 16.1. The highest BCUT2D eigenvalue weighted by molar-refractivity contribution is 7.03. The molecule has 0 saturated carbocycles. The van der Waals surface area contributed by atoms with Crippen LogP contribution in [-0.4, -0.2) is 54.6 Å². The second-order valence-electron chi connectivity index (χ2n) is 8.21. The predicted octanol–water partition coefficient (Wildman–Crippen LogP) is 2.55. The molecule has 4 aromatic rings. The van der Waals surface area contributed by atoms with E-state index in [1.54, 1.807) is 28.4 Å². The summed E-state index contributed by atoms with van der Waals surface area (Å²) in [6.45, 7) is 0. The second kappa shape index (κ2) is 12.2. The minimum atomic E-state index is -3.64. The Hall–Kier alpha value is -2.71. The molecule has 0 saturated heterocycles. The maximum atomic E-state index is 7.25. The summed E-state index contributed by atoms with van der Waals surface area (Å²) in [5.41, 5.74) is 0. The topological polar surface area (TPSA) is 55.4 Å². The van der Waals surface area contributed by atoms with Crippen molar-refractivity contribution in [1.82, 2.24) is 0 Å². The van der Waals surface area contributed by atoms with E-state index in [0.29, 0.717) is 0 Å². The van der Waals surface area contributed by atoms with E-state index in [9.17, 15) is 0 Å². The van der Waals surface area contributed by atoms with E-state index in [1.807, 2.05) is 121 Å². The van der Waals surface area contributed by atoms with E-state index in [2.05, 4.69) is 0 Å². The molecule has 0 aliphatic heterocycles. The van der Waals surface area contributed by atoms with E-state index >= 15 is 0 Å². The molecule has 4 rings (SSSR count). The van der Waals surface area contributed by atoms with Gasteiger partial charge in [-0.1, -0.05) is 121 Å². The largest absolute Gasteiger partial charge is 0.528 e. The molecule has 0 bridgehead atoms. The zero-order chi connectivity index (χ0) is 26.2. The van der Waals surface area contributed by atoms with Crippen LogP contribution >= 0.6 is 0 Å². The summed E-state index contributed by atoms with van der Waals surface area (Å²) in [5.74, 6) is 0. The molecule has 6 nitrogen and oxygen atoms in total. The van der Waals surface area contributed by atoms with Crippen LogP contribution in [0.2, 0.25) is 0 Å². The minimum absolute atomic E-state index is 0.828. The average Bonchev–Trinajstić information content (AvgIpc) is 3.00. The van der Waals surface area contributed by atoms with Gasteiger partial charge >= 0.3 is 26.2 Å². The third-order valence-corrected chi connectivity index (χ3v) is 17.1. The van der Waals surface area contributed by atoms with E-state index in [4.69, 9.17) is 25.9 Å². The van der Waals surface area contributed by atoms with Gasteiger partial charge in [-0.2, -0.15) is 0 Å². The minimum Gasteiger partial charge on any atom is -0.383 e. The van der Waals surface area contributed by atoms with Gasteiger partial charge in [-0.15, -0.1) is 0 Å². The fourth-order valence-electron chi connectivity index (χ4n) is 4.32. The number of hydrogen-bond acceptors (Lipinski definition) is 6. The Morgan fingerprint density at radius 3 is 0.838 bits per heavy atom. The normalized spacial score (nSPS) is 12.4. The maximum absolute atomic E-state index is 7.25. The lowest BCUT2D eigenvalue weighted by Gasteiger charge is -2.42. The predicted molar refractivity (Wildman–Crippen MR) is 152 cm³/mol. The molecule has 0 aromatic heterocycles. The average molecular weight is 549 g/mol. The van der Waals surface area contributed by atoms with Gasteiger partial charge < -0.3 is 25.9 Å². The van der Waals surface area contributed by atoms with Crippen LogP contribution in [-0.2, 0) is 25.9 Å². The molecule has 0 heterocycles. The Morgan fingerprint density at radius 2 is 0.595 bits per heavy atom. The first-order valence-corrected chi connectivity index (χ1v) is 17.2. The standard InChI is InChI=1S/C28H32O6Si3/c1-29-36(30-2,27-21-13-7-14-22-27)33-35(25-17-9-5-10-18-25,26-19-11-6-12-20-26)34-37(31-3,32-4)28-23-15-8-16-24-28/h5-24H,1-4H3. The molecular formula is C28H32O6Si3. The van der Waals surface area contributed by atoms with Crippen LogP contribution in [0.3, 0.4) is 0 Å². The van der Waals surface area contributed by atoms with Crippen LogP contribution in [0.15, 0.2) is 121 Å². The SMILES string of the molecule is CO[Si](OC)(O[Si](O[Si](OC)(OC)c1ccccc1)(c1ccccc1)c1ccccc1)c1ccccc1.